The summed E-state index contributed by atoms with van der Waals surface area (Å²) in [5.41, 5.74) is 2.10. The summed E-state index contributed by atoms with van der Waals surface area (Å²) < 4.78 is 5.73. The third kappa shape index (κ3) is 3.58. The summed E-state index contributed by atoms with van der Waals surface area (Å²) in [6.45, 7) is 5.03. The van der Waals surface area contributed by atoms with Crippen LogP contribution in [0.15, 0.2) is 42.7 Å². The number of benzene rings is 1. The summed E-state index contributed by atoms with van der Waals surface area (Å²) in [6.07, 6.45) is 5.70. The zero-order valence-electron chi connectivity index (χ0n) is 12.5. The highest BCUT2D eigenvalue weighted by molar-refractivity contribution is 5.61. The van der Waals surface area contributed by atoms with Gasteiger partial charge >= 0.3 is 0 Å². The van der Waals surface area contributed by atoms with Crippen molar-refractivity contribution in [1.82, 2.24) is 9.97 Å². The van der Waals surface area contributed by atoms with Gasteiger partial charge in [0.15, 0.2) is 0 Å². The summed E-state index contributed by atoms with van der Waals surface area (Å²) >= 11 is 0. The van der Waals surface area contributed by atoms with E-state index in [9.17, 15) is 0 Å². The molecule has 0 aliphatic carbocycles. The molecule has 4 heteroatoms. The van der Waals surface area contributed by atoms with Crippen molar-refractivity contribution < 1.29 is 4.74 Å². The fourth-order valence-corrected chi connectivity index (χ4v) is 2.72. The Morgan fingerprint density at radius 2 is 1.81 bits per heavy atom. The highest BCUT2D eigenvalue weighted by Crippen LogP contribution is 2.26. The first-order valence-electron chi connectivity index (χ1n) is 7.40. The molecule has 0 amide bonds. The first-order chi connectivity index (χ1) is 10.1. The maximum absolute atomic E-state index is 5.73. The van der Waals surface area contributed by atoms with Gasteiger partial charge in [-0.3, -0.25) is 0 Å². The molecule has 0 spiro atoms. The number of hydrogen-bond donors (Lipinski definition) is 1. The molecule has 1 aromatic carbocycles. The number of aromatic nitrogens is 2. The van der Waals surface area contributed by atoms with Crippen LogP contribution in [0.1, 0.15) is 26.7 Å². The lowest BCUT2D eigenvalue weighted by Crippen LogP contribution is -2.40. The zero-order chi connectivity index (χ0) is 14.7. The molecule has 0 radical (unpaired) electrons. The van der Waals surface area contributed by atoms with Gasteiger partial charge in [-0.2, -0.15) is 0 Å². The predicted octanol–water partition coefficient (Wildman–Crippen LogP) is 3.51. The van der Waals surface area contributed by atoms with Gasteiger partial charge in [-0.15, -0.1) is 0 Å². The normalized spacial score (nSPS) is 21.0. The lowest BCUT2D eigenvalue weighted by molar-refractivity contribution is -0.0553. The van der Waals surface area contributed by atoms with Crippen LogP contribution >= 0.6 is 0 Å². The molecule has 1 N–H and O–H groups in total. The molecule has 1 aromatic heterocycles. The number of nitrogens with zero attached hydrogens (tertiary/aromatic N) is 2. The zero-order valence-corrected chi connectivity index (χ0v) is 12.5. The lowest BCUT2D eigenvalue weighted by Gasteiger charge is -2.35. The molecular formula is C17H21N3O. The largest absolute Gasteiger partial charge is 0.375 e. The average molecular weight is 283 g/mol. The third-order valence-corrected chi connectivity index (χ3v) is 3.79. The highest BCUT2D eigenvalue weighted by Gasteiger charge is 2.29. The van der Waals surface area contributed by atoms with Gasteiger partial charge in [0.2, 0.25) is 5.95 Å². The first kappa shape index (κ1) is 14.0. The third-order valence-electron chi connectivity index (χ3n) is 3.79. The molecule has 2 heterocycles. The van der Waals surface area contributed by atoms with Crippen LogP contribution in [0, 0.1) is 0 Å². The maximum atomic E-state index is 5.73. The van der Waals surface area contributed by atoms with Crippen molar-refractivity contribution in [2.75, 3.05) is 11.9 Å². The molecule has 2 aromatic rings. The Bertz CT molecular complexity index is 581. The van der Waals surface area contributed by atoms with Crippen LogP contribution in [0.25, 0.3) is 11.1 Å². The van der Waals surface area contributed by atoms with E-state index in [2.05, 4.69) is 41.3 Å². The van der Waals surface area contributed by atoms with Gasteiger partial charge in [0.25, 0.3) is 0 Å². The monoisotopic (exact) mass is 283 g/mol. The first-order valence-corrected chi connectivity index (χ1v) is 7.40. The lowest BCUT2D eigenvalue weighted by atomic mass is 9.94. The minimum absolute atomic E-state index is 0.0695. The summed E-state index contributed by atoms with van der Waals surface area (Å²) in [5.74, 6) is 0.692. The Labute approximate surface area is 125 Å². The number of hydrogen-bond acceptors (Lipinski definition) is 4. The van der Waals surface area contributed by atoms with Crippen LogP contribution in [0.2, 0.25) is 0 Å². The van der Waals surface area contributed by atoms with Gasteiger partial charge in [-0.05, 0) is 32.3 Å². The topological polar surface area (TPSA) is 47.0 Å². The predicted molar refractivity (Wildman–Crippen MR) is 84.1 cm³/mol. The van der Waals surface area contributed by atoms with Crippen LogP contribution in [0.4, 0.5) is 5.95 Å². The average Bonchev–Trinajstić information content (AvgIpc) is 2.48. The molecule has 0 saturated carbocycles. The molecule has 4 nitrogen and oxygen atoms in total. The molecule has 1 aliphatic rings. The summed E-state index contributed by atoms with van der Waals surface area (Å²) in [6, 6.07) is 10.5. The molecule has 0 bridgehead atoms. The van der Waals surface area contributed by atoms with E-state index in [1.807, 2.05) is 30.6 Å². The molecule has 1 saturated heterocycles. The van der Waals surface area contributed by atoms with E-state index in [1.165, 1.54) is 0 Å². The van der Waals surface area contributed by atoms with Crippen molar-refractivity contribution in [3.05, 3.63) is 42.7 Å². The van der Waals surface area contributed by atoms with Crippen LogP contribution < -0.4 is 5.32 Å². The maximum Gasteiger partial charge on any atom is 0.222 e. The van der Waals surface area contributed by atoms with E-state index in [0.29, 0.717) is 12.0 Å². The van der Waals surface area contributed by atoms with E-state index in [4.69, 9.17) is 4.74 Å². The molecule has 1 unspecified atom stereocenters. The van der Waals surface area contributed by atoms with Crippen LogP contribution in [-0.4, -0.2) is 28.2 Å². The van der Waals surface area contributed by atoms with Crippen molar-refractivity contribution in [3.8, 4) is 11.1 Å². The van der Waals surface area contributed by atoms with E-state index < -0.39 is 0 Å². The molecule has 1 atom stereocenters. The second kappa shape index (κ2) is 5.82. The van der Waals surface area contributed by atoms with Crippen molar-refractivity contribution in [3.63, 3.8) is 0 Å². The van der Waals surface area contributed by atoms with Crippen molar-refractivity contribution in [1.29, 1.82) is 0 Å². The summed E-state index contributed by atoms with van der Waals surface area (Å²) in [5, 5.41) is 3.41. The molecular weight excluding hydrogens is 262 g/mol. The highest BCUT2D eigenvalue weighted by atomic mass is 16.5. The SMILES string of the molecule is CC1(C)CC(Nc2ncc(-c3ccccc3)cn2)CCO1. The second-order valence-corrected chi connectivity index (χ2v) is 6.10. The smallest absolute Gasteiger partial charge is 0.222 e. The Balaban J connectivity index is 1.67. The van der Waals surface area contributed by atoms with Gasteiger partial charge < -0.3 is 10.1 Å². The van der Waals surface area contributed by atoms with Gasteiger partial charge in [0, 0.05) is 30.6 Å². The molecule has 1 fully saturated rings. The Morgan fingerprint density at radius 3 is 2.48 bits per heavy atom. The Kier molecular flexibility index (Phi) is 3.88. The second-order valence-electron chi connectivity index (χ2n) is 6.10. The molecule has 3 rings (SSSR count). The Hall–Kier alpha value is -1.94. The van der Waals surface area contributed by atoms with Crippen molar-refractivity contribution in [2.24, 2.45) is 0 Å². The minimum atomic E-state index is -0.0695. The summed E-state index contributed by atoms with van der Waals surface area (Å²) in [7, 11) is 0. The van der Waals surface area contributed by atoms with Crippen molar-refractivity contribution in [2.45, 2.75) is 38.3 Å². The fourth-order valence-electron chi connectivity index (χ4n) is 2.72. The van der Waals surface area contributed by atoms with Gasteiger partial charge in [0.05, 0.1) is 5.60 Å². The van der Waals surface area contributed by atoms with Gasteiger partial charge in [-0.25, -0.2) is 9.97 Å². The Morgan fingerprint density at radius 1 is 1.10 bits per heavy atom. The van der Waals surface area contributed by atoms with Crippen LogP contribution in [-0.2, 0) is 4.74 Å². The number of rotatable bonds is 3. The van der Waals surface area contributed by atoms with E-state index >= 15 is 0 Å². The fraction of sp³-hybridized carbons (Fsp3) is 0.412. The van der Waals surface area contributed by atoms with E-state index in [1.54, 1.807) is 0 Å². The molecule has 21 heavy (non-hydrogen) atoms. The quantitative estimate of drug-likeness (QED) is 0.936. The standard InChI is InChI=1S/C17H21N3O/c1-17(2)10-15(8-9-21-17)20-16-18-11-14(12-19-16)13-6-4-3-5-7-13/h3-7,11-12,15H,8-10H2,1-2H3,(H,18,19,20). The molecule has 1 aliphatic heterocycles. The van der Waals surface area contributed by atoms with Crippen LogP contribution in [0.5, 0.6) is 0 Å². The number of anilines is 1. The number of nitrogens with one attached hydrogen (secondary N) is 1. The van der Waals surface area contributed by atoms with Crippen molar-refractivity contribution >= 4 is 5.95 Å². The number of ether oxygens (including phenoxy) is 1. The van der Waals surface area contributed by atoms with Crippen LogP contribution in [0.3, 0.4) is 0 Å². The molecule has 110 valence electrons. The van der Waals surface area contributed by atoms with Gasteiger partial charge in [-0.1, -0.05) is 30.3 Å². The minimum Gasteiger partial charge on any atom is -0.375 e. The van der Waals surface area contributed by atoms with Gasteiger partial charge in [0.1, 0.15) is 0 Å². The van der Waals surface area contributed by atoms with E-state index in [-0.39, 0.29) is 5.60 Å². The summed E-state index contributed by atoms with van der Waals surface area (Å²) in [4.78, 5) is 8.87. The van der Waals surface area contributed by atoms with E-state index in [0.717, 1.165) is 30.6 Å².